The highest BCUT2D eigenvalue weighted by Crippen LogP contribution is 2.28. The van der Waals surface area contributed by atoms with Gasteiger partial charge < -0.3 is 15.2 Å². The zero-order valence-corrected chi connectivity index (χ0v) is 10.8. The number of carbonyl (C=O) groups is 1. The normalized spacial score (nSPS) is 13.9. The lowest BCUT2D eigenvalue weighted by molar-refractivity contribution is -0.147. The van der Waals surface area contributed by atoms with Gasteiger partial charge in [-0.15, -0.1) is 0 Å². The van der Waals surface area contributed by atoms with Crippen LogP contribution in [0.1, 0.15) is 25.8 Å². The largest absolute Gasteiger partial charge is 0.493 e. The fourth-order valence-electron chi connectivity index (χ4n) is 1.92. The lowest BCUT2D eigenvalue weighted by atomic mass is 9.90. The van der Waals surface area contributed by atoms with Gasteiger partial charge in [0.05, 0.1) is 12.0 Å². The third-order valence-electron chi connectivity index (χ3n) is 3.35. The number of carboxylic acid groups (broad SMARTS) is 1. The summed E-state index contributed by atoms with van der Waals surface area (Å²) in [4.78, 5) is 11.0. The smallest absolute Gasteiger partial charge is 0.309 e. The summed E-state index contributed by atoms with van der Waals surface area (Å²) in [6.45, 7) is 4.89. The second-order valence-corrected chi connectivity index (χ2v) is 5.29. The molecule has 0 spiro atoms. The van der Waals surface area contributed by atoms with Gasteiger partial charge in [-0.25, -0.2) is 0 Å². The van der Waals surface area contributed by atoms with E-state index in [9.17, 15) is 4.79 Å². The van der Waals surface area contributed by atoms with Crippen molar-refractivity contribution in [3.63, 3.8) is 0 Å². The van der Waals surface area contributed by atoms with Gasteiger partial charge in [0.25, 0.3) is 0 Å². The van der Waals surface area contributed by atoms with Crippen molar-refractivity contribution < 1.29 is 14.6 Å². The van der Waals surface area contributed by atoms with Crippen LogP contribution in [-0.2, 0) is 11.2 Å². The lowest BCUT2D eigenvalue weighted by Crippen LogP contribution is -2.26. The van der Waals surface area contributed by atoms with E-state index in [1.807, 2.05) is 12.1 Å². The quantitative estimate of drug-likeness (QED) is 0.842. The summed E-state index contributed by atoms with van der Waals surface area (Å²) in [5.41, 5.74) is 1.56. The van der Waals surface area contributed by atoms with E-state index in [0.717, 1.165) is 24.5 Å². The molecule has 0 radical (unpaired) electrons. The van der Waals surface area contributed by atoms with E-state index in [4.69, 9.17) is 9.84 Å². The van der Waals surface area contributed by atoms with E-state index in [0.29, 0.717) is 13.0 Å². The van der Waals surface area contributed by atoms with Crippen LogP contribution in [0.3, 0.4) is 0 Å². The van der Waals surface area contributed by atoms with Crippen molar-refractivity contribution in [1.82, 2.24) is 0 Å². The molecular formula is C14H19NO3. The van der Waals surface area contributed by atoms with Crippen molar-refractivity contribution in [3.8, 4) is 5.75 Å². The summed E-state index contributed by atoms with van der Waals surface area (Å²) in [6, 6.07) is 6.01. The number of ether oxygens (including phenoxy) is 1. The van der Waals surface area contributed by atoms with E-state index in [2.05, 4.69) is 11.4 Å². The molecule has 0 unspecified atom stereocenters. The number of hydrogen-bond donors (Lipinski definition) is 2. The molecule has 0 saturated heterocycles. The molecule has 4 nitrogen and oxygen atoms in total. The van der Waals surface area contributed by atoms with Gasteiger partial charge in [-0.05, 0) is 44.0 Å². The summed E-state index contributed by atoms with van der Waals surface area (Å²) in [7, 11) is 0. The van der Waals surface area contributed by atoms with Crippen LogP contribution < -0.4 is 10.1 Å². The molecule has 4 heteroatoms. The van der Waals surface area contributed by atoms with Gasteiger partial charge >= 0.3 is 5.97 Å². The number of fused-ring (bicyclic) bond motifs is 1. The van der Waals surface area contributed by atoms with Crippen molar-refractivity contribution in [1.29, 1.82) is 0 Å². The average Bonchev–Trinajstić information content (AvgIpc) is 2.75. The van der Waals surface area contributed by atoms with Crippen LogP contribution in [-0.4, -0.2) is 24.2 Å². The molecule has 1 aliphatic rings. The predicted octanol–water partition coefficient (Wildman–Crippen LogP) is 2.53. The first-order valence-corrected chi connectivity index (χ1v) is 6.22. The molecule has 2 rings (SSSR count). The van der Waals surface area contributed by atoms with Crippen LogP contribution >= 0.6 is 0 Å². The number of aliphatic carboxylic acids is 1. The Morgan fingerprint density at radius 1 is 1.50 bits per heavy atom. The van der Waals surface area contributed by atoms with Gasteiger partial charge in [0, 0.05) is 18.7 Å². The highest BCUT2D eigenvalue weighted by atomic mass is 16.5. The first-order chi connectivity index (χ1) is 8.49. The van der Waals surface area contributed by atoms with Crippen molar-refractivity contribution in [3.05, 3.63) is 23.8 Å². The van der Waals surface area contributed by atoms with Gasteiger partial charge in [0.2, 0.25) is 0 Å². The second kappa shape index (κ2) is 4.88. The molecule has 0 aromatic heterocycles. The molecular weight excluding hydrogens is 230 g/mol. The molecule has 18 heavy (non-hydrogen) atoms. The molecule has 0 fully saturated rings. The Bertz CT molecular complexity index is 454. The monoisotopic (exact) mass is 249 g/mol. The van der Waals surface area contributed by atoms with Crippen LogP contribution in [0.25, 0.3) is 0 Å². The molecule has 0 aliphatic carbocycles. The van der Waals surface area contributed by atoms with Crippen molar-refractivity contribution in [2.24, 2.45) is 5.41 Å². The molecule has 0 amide bonds. The Balaban J connectivity index is 1.89. The number of hydrogen-bond acceptors (Lipinski definition) is 3. The van der Waals surface area contributed by atoms with E-state index >= 15 is 0 Å². The molecule has 1 aromatic rings. The topological polar surface area (TPSA) is 58.6 Å². The zero-order chi connectivity index (χ0) is 13.2. The van der Waals surface area contributed by atoms with E-state index in [-0.39, 0.29) is 0 Å². The fourth-order valence-corrected chi connectivity index (χ4v) is 1.92. The third kappa shape index (κ3) is 2.75. The molecule has 0 atom stereocenters. The van der Waals surface area contributed by atoms with Gasteiger partial charge in [0.15, 0.2) is 0 Å². The maximum Gasteiger partial charge on any atom is 0.309 e. The minimum Gasteiger partial charge on any atom is -0.493 e. The van der Waals surface area contributed by atoms with Crippen molar-refractivity contribution in [2.45, 2.75) is 26.7 Å². The van der Waals surface area contributed by atoms with Gasteiger partial charge in [-0.1, -0.05) is 0 Å². The molecule has 1 aliphatic heterocycles. The van der Waals surface area contributed by atoms with Gasteiger partial charge in [0.1, 0.15) is 5.75 Å². The Morgan fingerprint density at radius 2 is 2.28 bits per heavy atom. The highest BCUT2D eigenvalue weighted by molar-refractivity contribution is 5.73. The van der Waals surface area contributed by atoms with Gasteiger partial charge in [-0.2, -0.15) is 0 Å². The Labute approximate surface area is 107 Å². The molecule has 2 N–H and O–H groups in total. The first-order valence-electron chi connectivity index (χ1n) is 6.22. The maximum absolute atomic E-state index is 11.0. The van der Waals surface area contributed by atoms with Crippen molar-refractivity contribution >= 4 is 11.7 Å². The number of carboxylic acids is 1. The molecule has 98 valence electrons. The minimum atomic E-state index is -0.758. The van der Waals surface area contributed by atoms with E-state index in [1.165, 1.54) is 5.56 Å². The standard InChI is InChI=1S/C14H19NO3/c1-14(2,13(16)17)6-7-15-11-3-4-12-10(9-11)5-8-18-12/h3-4,9,15H,5-8H2,1-2H3,(H,16,17). The van der Waals surface area contributed by atoms with Crippen LogP contribution in [0.15, 0.2) is 18.2 Å². The molecule has 1 heterocycles. The van der Waals surface area contributed by atoms with Crippen molar-refractivity contribution in [2.75, 3.05) is 18.5 Å². The molecule has 1 aromatic carbocycles. The van der Waals surface area contributed by atoms with Gasteiger partial charge in [-0.3, -0.25) is 4.79 Å². The first kappa shape index (κ1) is 12.7. The number of rotatable bonds is 5. The number of nitrogens with one attached hydrogen (secondary N) is 1. The Morgan fingerprint density at radius 3 is 3.00 bits per heavy atom. The average molecular weight is 249 g/mol. The summed E-state index contributed by atoms with van der Waals surface area (Å²) in [5, 5.41) is 12.3. The number of anilines is 1. The lowest BCUT2D eigenvalue weighted by Gasteiger charge is -2.19. The van der Waals surface area contributed by atoms with Crippen LogP contribution in [0.5, 0.6) is 5.75 Å². The van der Waals surface area contributed by atoms with Crippen LogP contribution in [0.2, 0.25) is 0 Å². The molecule has 0 bridgehead atoms. The Kier molecular flexibility index (Phi) is 3.45. The third-order valence-corrected chi connectivity index (χ3v) is 3.35. The zero-order valence-electron chi connectivity index (χ0n) is 10.8. The van der Waals surface area contributed by atoms with E-state index in [1.54, 1.807) is 13.8 Å². The SMILES string of the molecule is CC(C)(CCNc1ccc2c(c1)CCO2)C(=O)O. The maximum atomic E-state index is 11.0. The van der Waals surface area contributed by atoms with Crippen LogP contribution in [0.4, 0.5) is 5.69 Å². The van der Waals surface area contributed by atoms with Crippen LogP contribution in [0, 0.1) is 5.41 Å². The van der Waals surface area contributed by atoms with E-state index < -0.39 is 11.4 Å². The molecule has 0 saturated carbocycles. The summed E-state index contributed by atoms with van der Waals surface area (Å²) in [5.74, 6) is 0.207. The highest BCUT2D eigenvalue weighted by Gasteiger charge is 2.26. The number of benzene rings is 1. The minimum absolute atomic E-state index is 0.593. The fraction of sp³-hybridized carbons (Fsp3) is 0.500. The summed E-state index contributed by atoms with van der Waals surface area (Å²) < 4.78 is 5.44. The Hall–Kier alpha value is -1.71. The summed E-state index contributed by atoms with van der Waals surface area (Å²) >= 11 is 0. The predicted molar refractivity (Wildman–Crippen MR) is 70.2 cm³/mol. The second-order valence-electron chi connectivity index (χ2n) is 5.29. The summed E-state index contributed by atoms with van der Waals surface area (Å²) in [6.07, 6.45) is 1.54.